The van der Waals surface area contributed by atoms with Crippen LogP contribution in [0.4, 0.5) is 17.6 Å². The molecule has 2 atom stereocenters. The summed E-state index contributed by atoms with van der Waals surface area (Å²) >= 11 is 6.02. The van der Waals surface area contributed by atoms with E-state index in [4.69, 9.17) is 21.1 Å². The van der Waals surface area contributed by atoms with Crippen molar-refractivity contribution >= 4 is 41.3 Å². The van der Waals surface area contributed by atoms with E-state index >= 15 is 0 Å². The van der Waals surface area contributed by atoms with E-state index in [2.05, 4.69) is 10.6 Å². The molecule has 0 radical (unpaired) electrons. The number of hydrogen-bond acceptors (Lipinski definition) is 6. The van der Waals surface area contributed by atoms with Gasteiger partial charge in [-0.2, -0.15) is 13.4 Å². The van der Waals surface area contributed by atoms with Gasteiger partial charge in [-0.3, -0.25) is 14.4 Å². The molecule has 3 rings (SSSR count). The predicted molar refractivity (Wildman–Crippen MR) is 133 cm³/mol. The molecule has 0 spiro atoms. The van der Waals surface area contributed by atoms with Gasteiger partial charge >= 0.3 is 5.91 Å². The van der Waals surface area contributed by atoms with E-state index in [-0.39, 0.29) is 19.2 Å². The summed E-state index contributed by atoms with van der Waals surface area (Å²) in [5, 5.41) is 5.02. The number of halogens is 5. The Morgan fingerprint density at radius 1 is 1.10 bits per heavy atom. The molecule has 1 aliphatic heterocycles. The van der Waals surface area contributed by atoms with Gasteiger partial charge in [-0.15, -0.1) is 0 Å². The zero-order valence-electron chi connectivity index (χ0n) is 21.4. The predicted octanol–water partition coefficient (Wildman–Crippen LogP) is 2.70. The molecule has 40 heavy (non-hydrogen) atoms. The van der Waals surface area contributed by atoms with Crippen LogP contribution in [-0.4, -0.2) is 66.8 Å². The lowest BCUT2D eigenvalue weighted by atomic mass is 9.99. The van der Waals surface area contributed by atoms with Gasteiger partial charge in [0.2, 0.25) is 23.6 Å². The Morgan fingerprint density at radius 2 is 1.77 bits per heavy atom. The normalized spacial score (nSPS) is 14.1. The summed E-state index contributed by atoms with van der Waals surface area (Å²) in [5.74, 6) is -11.8. The highest BCUT2D eigenvalue weighted by Gasteiger charge is 2.39. The van der Waals surface area contributed by atoms with Gasteiger partial charge < -0.3 is 20.1 Å². The van der Waals surface area contributed by atoms with Crippen molar-refractivity contribution in [2.24, 2.45) is 0 Å². The van der Waals surface area contributed by atoms with Gasteiger partial charge in [0.05, 0.1) is 18.4 Å². The Balaban J connectivity index is 1.81. The molecule has 3 amide bonds. The van der Waals surface area contributed by atoms with Crippen LogP contribution >= 0.6 is 11.6 Å². The fraction of sp³-hybridized carbons (Fsp3) is 0.346. The van der Waals surface area contributed by atoms with Gasteiger partial charge in [-0.25, -0.2) is 13.6 Å². The van der Waals surface area contributed by atoms with Crippen molar-refractivity contribution in [1.82, 2.24) is 10.6 Å². The Morgan fingerprint density at radius 3 is 2.40 bits per heavy atom. The first-order chi connectivity index (χ1) is 19.0. The van der Waals surface area contributed by atoms with Crippen molar-refractivity contribution in [3.05, 3.63) is 63.7 Å². The van der Waals surface area contributed by atoms with E-state index in [9.17, 15) is 36.7 Å². The average molecular weight is 587 g/mol. The zero-order chi connectivity index (χ0) is 29.6. The molecule has 2 N–H and O–H groups in total. The fourth-order valence-corrected chi connectivity index (χ4v) is 4.14. The van der Waals surface area contributed by atoms with Gasteiger partial charge in [0.25, 0.3) is 5.91 Å². The van der Waals surface area contributed by atoms with Crippen molar-refractivity contribution in [3.63, 3.8) is 0 Å². The SMILES string of the molecule is CC[C@@H](C(=O)NC(CC(=O)NCOC)C(=O)COc1c(F)c(F)cc(F)c1F)[N+]1=CCc2ccc(Cl)cc2C1=O. The molecule has 1 heterocycles. The van der Waals surface area contributed by atoms with Gasteiger partial charge in [0.1, 0.15) is 19.4 Å². The lowest BCUT2D eigenvalue weighted by Gasteiger charge is -2.21. The summed E-state index contributed by atoms with van der Waals surface area (Å²) in [6, 6.07) is 2.05. The molecule has 1 unspecified atom stereocenters. The number of nitrogens with zero attached hydrogens (tertiary/aromatic N) is 1. The fourth-order valence-electron chi connectivity index (χ4n) is 3.97. The van der Waals surface area contributed by atoms with E-state index in [0.29, 0.717) is 22.6 Å². The second-order valence-electron chi connectivity index (χ2n) is 8.68. The number of nitrogens with one attached hydrogen (secondary N) is 2. The minimum absolute atomic E-state index is 0.0291. The summed E-state index contributed by atoms with van der Waals surface area (Å²) in [6.07, 6.45) is 1.29. The van der Waals surface area contributed by atoms with Crippen molar-refractivity contribution in [2.75, 3.05) is 20.4 Å². The van der Waals surface area contributed by atoms with E-state index in [1.807, 2.05) is 0 Å². The summed E-state index contributed by atoms with van der Waals surface area (Å²) in [5.41, 5.74) is 1.00. The number of methoxy groups -OCH3 is 1. The second-order valence-corrected chi connectivity index (χ2v) is 9.11. The summed E-state index contributed by atoms with van der Waals surface area (Å²) in [6.45, 7) is 0.241. The van der Waals surface area contributed by atoms with Crippen LogP contribution in [0.1, 0.15) is 35.7 Å². The number of carbonyl (C=O) groups is 4. The minimum Gasteiger partial charge on any atom is -0.479 e. The van der Waals surface area contributed by atoms with Crippen LogP contribution in [0.2, 0.25) is 5.02 Å². The number of ketones is 1. The second kappa shape index (κ2) is 13.5. The van der Waals surface area contributed by atoms with Gasteiger partial charge in [0, 0.05) is 24.6 Å². The maximum atomic E-state index is 14.0. The molecule has 0 saturated carbocycles. The third-order valence-electron chi connectivity index (χ3n) is 6.01. The summed E-state index contributed by atoms with van der Waals surface area (Å²) in [7, 11) is 1.29. The number of fused-ring (bicyclic) bond motifs is 1. The molecule has 2 aromatic rings. The Kier molecular flexibility index (Phi) is 10.3. The van der Waals surface area contributed by atoms with Gasteiger partial charge in [-0.1, -0.05) is 24.6 Å². The Labute approximate surface area is 231 Å². The van der Waals surface area contributed by atoms with E-state index in [1.54, 1.807) is 19.1 Å². The Bertz CT molecular complexity index is 1340. The smallest absolute Gasteiger partial charge is 0.420 e. The van der Waals surface area contributed by atoms with Crippen LogP contribution in [0.15, 0.2) is 24.3 Å². The highest BCUT2D eigenvalue weighted by Crippen LogP contribution is 2.26. The zero-order valence-corrected chi connectivity index (χ0v) is 22.1. The highest BCUT2D eigenvalue weighted by molar-refractivity contribution is 6.31. The number of benzene rings is 2. The summed E-state index contributed by atoms with van der Waals surface area (Å²) in [4.78, 5) is 51.6. The minimum atomic E-state index is -1.87. The standard InChI is InChI=1S/C26H24ClF4N3O6/c1-3-19(34-7-6-13-4-5-14(27)8-15(13)26(34)38)25(37)33-18(10-21(36)32-12-39-2)20(35)11-40-24-22(30)16(28)9-17(29)23(24)31/h4-5,7-9,18-19H,3,6,10-12H2,1-2H3,(H-,32,33,36,37)/p+1/t18?,19-/m0/s1. The maximum Gasteiger partial charge on any atom is 0.420 e. The number of hydrogen-bond donors (Lipinski definition) is 2. The van der Waals surface area contributed by atoms with Crippen molar-refractivity contribution < 1.29 is 50.8 Å². The number of rotatable bonds is 12. The molecule has 0 aromatic heterocycles. The van der Waals surface area contributed by atoms with Gasteiger partial charge in [0.15, 0.2) is 29.4 Å². The molecule has 0 fully saturated rings. The lowest BCUT2D eigenvalue weighted by Crippen LogP contribution is -2.53. The molecule has 1 aliphatic rings. The maximum absolute atomic E-state index is 14.0. The van der Waals surface area contributed by atoms with Crippen LogP contribution in [0.25, 0.3) is 0 Å². The van der Waals surface area contributed by atoms with Crippen LogP contribution in [0.5, 0.6) is 5.75 Å². The first kappa shape index (κ1) is 30.7. The molecule has 14 heteroatoms. The number of carbonyl (C=O) groups excluding carboxylic acids is 4. The molecular weight excluding hydrogens is 562 g/mol. The summed E-state index contributed by atoms with van der Waals surface area (Å²) < 4.78 is 65.6. The lowest BCUT2D eigenvalue weighted by molar-refractivity contribution is -0.456. The first-order valence-corrected chi connectivity index (χ1v) is 12.3. The van der Waals surface area contributed by atoms with Gasteiger partial charge in [-0.05, 0) is 17.7 Å². The molecule has 2 aromatic carbocycles. The molecule has 9 nitrogen and oxygen atoms in total. The largest absolute Gasteiger partial charge is 0.479 e. The topological polar surface area (TPSA) is 114 Å². The van der Waals surface area contributed by atoms with Crippen molar-refractivity contribution in [1.29, 1.82) is 0 Å². The monoisotopic (exact) mass is 586 g/mol. The van der Waals surface area contributed by atoms with Crippen LogP contribution in [-0.2, 0) is 25.5 Å². The quantitative estimate of drug-likeness (QED) is 0.171. The highest BCUT2D eigenvalue weighted by atomic mass is 35.5. The first-order valence-electron chi connectivity index (χ1n) is 12.0. The third-order valence-corrected chi connectivity index (χ3v) is 6.24. The molecule has 0 bridgehead atoms. The molecule has 214 valence electrons. The van der Waals surface area contributed by atoms with Crippen molar-refractivity contribution in [2.45, 2.75) is 38.3 Å². The number of ether oxygens (including phenoxy) is 2. The third kappa shape index (κ3) is 7.02. The molecule has 0 aliphatic carbocycles. The number of Topliss-reactive ketones (excluding diaryl/α,β-unsaturated/α-hetero) is 1. The van der Waals surface area contributed by atoms with Crippen LogP contribution in [0, 0.1) is 23.3 Å². The number of amides is 3. The van der Waals surface area contributed by atoms with E-state index < -0.39 is 77.6 Å². The van der Waals surface area contributed by atoms with Crippen LogP contribution in [0.3, 0.4) is 0 Å². The Hall–Kier alpha value is -3.84. The van der Waals surface area contributed by atoms with E-state index in [0.717, 1.165) is 0 Å². The molecular formula is C26H25ClF4N3O6+. The van der Waals surface area contributed by atoms with E-state index in [1.165, 1.54) is 24.0 Å². The van der Waals surface area contributed by atoms with Crippen LogP contribution < -0.4 is 15.4 Å². The van der Waals surface area contributed by atoms with Crippen molar-refractivity contribution in [3.8, 4) is 5.75 Å². The molecule has 0 saturated heterocycles. The average Bonchev–Trinajstić information content (AvgIpc) is 2.92.